The molecule has 0 saturated carbocycles. The van der Waals surface area contributed by atoms with Crippen molar-refractivity contribution in [1.29, 1.82) is 0 Å². The van der Waals surface area contributed by atoms with Gasteiger partial charge in [-0.1, -0.05) is 18.2 Å². The Morgan fingerprint density at radius 3 is 2.53 bits per heavy atom. The molecule has 9 nitrogen and oxygen atoms in total. The summed E-state index contributed by atoms with van der Waals surface area (Å²) >= 11 is 0. The summed E-state index contributed by atoms with van der Waals surface area (Å²) in [5, 5.41) is 13.7. The van der Waals surface area contributed by atoms with Gasteiger partial charge in [-0.05, 0) is 48.5 Å². The third-order valence-electron chi connectivity index (χ3n) is 4.36. The van der Waals surface area contributed by atoms with Gasteiger partial charge in [-0.25, -0.2) is 13.8 Å². The van der Waals surface area contributed by atoms with Gasteiger partial charge in [-0.15, -0.1) is 0 Å². The molecule has 0 saturated heterocycles. The average Bonchev–Trinajstić information content (AvgIpc) is 2.80. The zero-order chi connectivity index (χ0) is 23.1. The molecule has 0 radical (unpaired) electrons. The van der Waals surface area contributed by atoms with Crippen molar-refractivity contribution < 1.29 is 27.8 Å². The number of methoxy groups -OCH3 is 2. The monoisotopic (exact) mass is 455 g/mol. The summed E-state index contributed by atoms with van der Waals surface area (Å²) in [6, 6.07) is 16.6. The molecule has 0 spiro atoms. The molecule has 0 atom stereocenters. The number of nitrogens with zero attached hydrogens (tertiary/aromatic N) is 1. The Labute approximate surface area is 185 Å². The van der Waals surface area contributed by atoms with Gasteiger partial charge in [-0.2, -0.15) is 5.10 Å². The summed E-state index contributed by atoms with van der Waals surface area (Å²) in [7, 11) is -1.05. The van der Waals surface area contributed by atoms with Crippen LogP contribution in [0.25, 0.3) is 0 Å². The first-order valence-corrected chi connectivity index (χ1v) is 10.8. The number of carbonyl (C=O) groups excluding carboxylic acids is 1. The molecule has 0 fully saturated rings. The third kappa shape index (κ3) is 5.35. The summed E-state index contributed by atoms with van der Waals surface area (Å²) in [5.41, 5.74) is 2.99. The lowest BCUT2D eigenvalue weighted by Gasteiger charge is -2.12. The van der Waals surface area contributed by atoms with Crippen LogP contribution in [0.15, 0.2) is 76.7 Å². The Bertz CT molecular complexity index is 1260. The quantitative estimate of drug-likeness (QED) is 0.354. The molecule has 0 aromatic heterocycles. The highest BCUT2D eigenvalue weighted by molar-refractivity contribution is 7.92. The van der Waals surface area contributed by atoms with Gasteiger partial charge in [0.2, 0.25) is 0 Å². The maximum absolute atomic E-state index is 12.8. The van der Waals surface area contributed by atoms with E-state index >= 15 is 0 Å². The number of hydrogen-bond donors (Lipinski definition) is 3. The first-order chi connectivity index (χ1) is 15.3. The van der Waals surface area contributed by atoms with Crippen LogP contribution in [-0.4, -0.2) is 39.9 Å². The number of aromatic hydroxyl groups is 1. The number of phenolic OH excluding ortho intramolecular Hbond substituents is 1. The number of carbonyl (C=O) groups is 1. The third-order valence-corrected chi connectivity index (χ3v) is 5.73. The van der Waals surface area contributed by atoms with Crippen molar-refractivity contribution in [1.82, 2.24) is 5.43 Å². The first-order valence-electron chi connectivity index (χ1n) is 9.30. The Kier molecular flexibility index (Phi) is 6.96. The minimum Gasteiger partial charge on any atom is -0.507 e. The zero-order valence-electron chi connectivity index (χ0n) is 17.3. The second-order valence-corrected chi connectivity index (χ2v) is 8.14. The molecule has 166 valence electrons. The number of rotatable bonds is 8. The van der Waals surface area contributed by atoms with Crippen LogP contribution >= 0.6 is 0 Å². The number of anilines is 1. The number of hydrazone groups is 1. The second-order valence-electron chi connectivity index (χ2n) is 6.46. The molecule has 0 aliphatic carbocycles. The van der Waals surface area contributed by atoms with Gasteiger partial charge < -0.3 is 14.6 Å². The van der Waals surface area contributed by atoms with Crippen LogP contribution in [0.4, 0.5) is 5.69 Å². The molecule has 32 heavy (non-hydrogen) atoms. The smallest absolute Gasteiger partial charge is 0.271 e. The van der Waals surface area contributed by atoms with Crippen molar-refractivity contribution >= 4 is 27.8 Å². The molecule has 3 aromatic carbocycles. The van der Waals surface area contributed by atoms with Gasteiger partial charge in [0.05, 0.1) is 31.0 Å². The molecule has 0 unspecified atom stereocenters. The molecular weight excluding hydrogens is 434 g/mol. The SMILES string of the molecule is COc1ccc(O)c(/C=N/NC(=O)c2cccc(S(=O)(=O)Nc3ccccc3OC)c2)c1. The number of benzene rings is 3. The van der Waals surface area contributed by atoms with Crippen LogP contribution in [-0.2, 0) is 10.0 Å². The molecule has 0 heterocycles. The van der Waals surface area contributed by atoms with E-state index in [4.69, 9.17) is 9.47 Å². The standard InChI is InChI=1S/C22H21N3O6S/c1-30-17-10-11-20(26)16(12-17)14-23-24-22(27)15-6-5-7-18(13-15)32(28,29)25-19-8-3-4-9-21(19)31-2/h3-14,25-26H,1-2H3,(H,24,27)/b23-14+. The van der Waals surface area contributed by atoms with Crippen LogP contribution in [0.3, 0.4) is 0 Å². The molecule has 1 amide bonds. The molecule has 3 rings (SSSR count). The van der Waals surface area contributed by atoms with Crippen molar-refractivity contribution in [3.05, 3.63) is 77.9 Å². The van der Waals surface area contributed by atoms with Gasteiger partial charge >= 0.3 is 0 Å². The highest BCUT2D eigenvalue weighted by Crippen LogP contribution is 2.26. The normalized spacial score (nSPS) is 11.2. The highest BCUT2D eigenvalue weighted by atomic mass is 32.2. The van der Waals surface area contributed by atoms with Crippen LogP contribution in [0.2, 0.25) is 0 Å². The van der Waals surface area contributed by atoms with E-state index in [1.807, 2.05) is 0 Å². The first kappa shape index (κ1) is 22.6. The maximum atomic E-state index is 12.8. The number of hydrogen-bond acceptors (Lipinski definition) is 7. The molecule has 0 bridgehead atoms. The van der Waals surface area contributed by atoms with E-state index in [0.29, 0.717) is 17.1 Å². The largest absolute Gasteiger partial charge is 0.507 e. The lowest BCUT2D eigenvalue weighted by molar-refractivity contribution is 0.0955. The van der Waals surface area contributed by atoms with Crippen molar-refractivity contribution in [3.63, 3.8) is 0 Å². The topological polar surface area (TPSA) is 126 Å². The number of ether oxygens (including phenoxy) is 2. The van der Waals surface area contributed by atoms with E-state index in [0.717, 1.165) is 0 Å². The van der Waals surface area contributed by atoms with Crippen LogP contribution in [0.1, 0.15) is 15.9 Å². The van der Waals surface area contributed by atoms with Gasteiger partial charge in [0.1, 0.15) is 17.2 Å². The Morgan fingerprint density at radius 1 is 1.00 bits per heavy atom. The fraction of sp³-hybridized carbons (Fsp3) is 0.0909. The highest BCUT2D eigenvalue weighted by Gasteiger charge is 2.18. The molecular formula is C22H21N3O6S. The summed E-state index contributed by atoms with van der Waals surface area (Å²) in [6.07, 6.45) is 1.25. The van der Waals surface area contributed by atoms with Crippen LogP contribution < -0.4 is 19.6 Å². The predicted molar refractivity (Wildman–Crippen MR) is 120 cm³/mol. The summed E-state index contributed by atoms with van der Waals surface area (Å²) in [6.45, 7) is 0. The van der Waals surface area contributed by atoms with Crippen molar-refractivity contribution in [2.24, 2.45) is 5.10 Å². The lowest BCUT2D eigenvalue weighted by atomic mass is 10.2. The Morgan fingerprint density at radius 2 is 1.78 bits per heavy atom. The minimum absolute atomic E-state index is 0.0423. The fourth-order valence-electron chi connectivity index (χ4n) is 2.73. The molecule has 3 aromatic rings. The fourth-order valence-corrected chi connectivity index (χ4v) is 3.84. The number of nitrogens with one attached hydrogen (secondary N) is 2. The van der Waals surface area contributed by atoms with Crippen molar-refractivity contribution in [3.8, 4) is 17.2 Å². The summed E-state index contributed by atoms with van der Waals surface area (Å²) in [5.74, 6) is 0.202. The average molecular weight is 455 g/mol. The summed E-state index contributed by atoms with van der Waals surface area (Å²) < 4.78 is 38.2. The van der Waals surface area contributed by atoms with Crippen molar-refractivity contribution in [2.45, 2.75) is 4.90 Å². The van der Waals surface area contributed by atoms with Crippen LogP contribution in [0.5, 0.6) is 17.2 Å². The lowest BCUT2D eigenvalue weighted by Crippen LogP contribution is -2.19. The number of para-hydroxylation sites is 2. The van der Waals surface area contributed by atoms with Gasteiger partial charge in [0, 0.05) is 11.1 Å². The van der Waals surface area contributed by atoms with Crippen LogP contribution in [0, 0.1) is 0 Å². The molecule has 3 N–H and O–H groups in total. The molecule has 10 heteroatoms. The second kappa shape index (κ2) is 9.84. The van der Waals surface area contributed by atoms with E-state index in [1.54, 1.807) is 36.4 Å². The minimum atomic E-state index is -3.97. The van der Waals surface area contributed by atoms with E-state index in [1.165, 1.54) is 50.8 Å². The summed E-state index contributed by atoms with van der Waals surface area (Å²) in [4.78, 5) is 12.3. The number of sulfonamides is 1. The molecule has 0 aliphatic rings. The Balaban J connectivity index is 1.76. The van der Waals surface area contributed by atoms with Gasteiger partial charge in [0.25, 0.3) is 15.9 Å². The van der Waals surface area contributed by atoms with Gasteiger partial charge in [0.15, 0.2) is 0 Å². The Hall–Kier alpha value is -4.05. The van der Waals surface area contributed by atoms with E-state index in [2.05, 4.69) is 15.2 Å². The zero-order valence-corrected chi connectivity index (χ0v) is 18.1. The predicted octanol–water partition coefficient (Wildman–Crippen LogP) is 2.97. The van der Waals surface area contributed by atoms with E-state index in [-0.39, 0.29) is 21.9 Å². The number of amides is 1. The maximum Gasteiger partial charge on any atom is 0.271 e. The van der Waals surface area contributed by atoms with E-state index in [9.17, 15) is 18.3 Å². The molecule has 0 aliphatic heterocycles. The van der Waals surface area contributed by atoms with Gasteiger partial charge in [-0.3, -0.25) is 9.52 Å². The number of phenols is 1. The van der Waals surface area contributed by atoms with E-state index < -0.39 is 15.9 Å². The van der Waals surface area contributed by atoms with Crippen molar-refractivity contribution in [2.75, 3.05) is 18.9 Å².